The normalized spacial score (nSPS) is 31.4. The molecule has 0 amide bonds. The lowest BCUT2D eigenvalue weighted by atomic mass is 9.94. The highest BCUT2D eigenvalue weighted by Gasteiger charge is 2.80. The second-order valence-corrected chi connectivity index (χ2v) is 9.91. The smallest absolute Gasteiger partial charge is 0.289 e. The van der Waals surface area contributed by atoms with E-state index < -0.39 is 32.5 Å². The van der Waals surface area contributed by atoms with Gasteiger partial charge >= 0.3 is 0 Å². The second-order valence-electron chi connectivity index (χ2n) is 8.05. The molecule has 2 aliphatic carbocycles. The number of sulfonamides is 1. The molecule has 6 rings (SSSR count). The van der Waals surface area contributed by atoms with Crippen LogP contribution in [0.4, 0.5) is 5.69 Å². The van der Waals surface area contributed by atoms with Crippen LogP contribution in [-0.4, -0.2) is 43.4 Å². The van der Waals surface area contributed by atoms with Crippen molar-refractivity contribution in [3.63, 3.8) is 0 Å². The summed E-state index contributed by atoms with van der Waals surface area (Å²) < 4.78 is 41.0. The molecule has 2 aromatic carbocycles. The monoisotopic (exact) mass is 414 g/mol. The number of piperidine rings is 1. The molecule has 29 heavy (non-hydrogen) atoms. The lowest BCUT2D eigenvalue weighted by molar-refractivity contribution is -0.387. The Labute approximate surface area is 167 Å². The van der Waals surface area contributed by atoms with Gasteiger partial charge in [-0.1, -0.05) is 36.4 Å². The third-order valence-corrected chi connectivity index (χ3v) is 8.74. The standard InChI is InChI=1S/C20H18N2O6S/c23-22(24)16-7-3-4-8-17(16)29(25,26)21-12-13-11-19(13)14-5-1-2-6-15(14)20(18(19)21)27-9-10-28-20/h1-8,13,18H,9-12H2/t13-,18-,19-/m0/s1. The summed E-state index contributed by atoms with van der Waals surface area (Å²) in [7, 11) is -4.13. The fourth-order valence-electron chi connectivity index (χ4n) is 5.77. The molecule has 1 saturated carbocycles. The van der Waals surface area contributed by atoms with Crippen molar-refractivity contribution in [2.75, 3.05) is 19.8 Å². The largest absolute Gasteiger partial charge is 0.342 e. The number of nitrogens with zero attached hydrogens (tertiary/aromatic N) is 2. The van der Waals surface area contributed by atoms with Gasteiger partial charge in [-0.15, -0.1) is 0 Å². The molecule has 2 aromatic rings. The molecule has 2 spiro atoms. The third kappa shape index (κ3) is 1.96. The van der Waals surface area contributed by atoms with Crippen molar-refractivity contribution in [1.82, 2.24) is 4.31 Å². The van der Waals surface area contributed by atoms with E-state index in [1.807, 2.05) is 24.3 Å². The summed E-state index contributed by atoms with van der Waals surface area (Å²) >= 11 is 0. The molecule has 3 fully saturated rings. The Bertz CT molecular complexity index is 1160. The topological polar surface area (TPSA) is 99.0 Å². The minimum absolute atomic E-state index is 0.151. The first-order valence-electron chi connectivity index (χ1n) is 9.56. The summed E-state index contributed by atoms with van der Waals surface area (Å²) in [5.74, 6) is -1.00. The first kappa shape index (κ1) is 17.5. The number of hydrogen-bond acceptors (Lipinski definition) is 6. The van der Waals surface area contributed by atoms with Gasteiger partial charge in [0.15, 0.2) is 4.90 Å². The Morgan fingerprint density at radius 1 is 1.03 bits per heavy atom. The molecular formula is C20H18N2O6S. The number of nitro groups is 1. The maximum Gasteiger partial charge on any atom is 0.289 e. The summed E-state index contributed by atoms with van der Waals surface area (Å²) in [6, 6.07) is 12.8. The van der Waals surface area contributed by atoms with Crippen LogP contribution in [0.25, 0.3) is 0 Å². The van der Waals surface area contributed by atoms with Crippen molar-refractivity contribution >= 4 is 15.7 Å². The highest BCUT2D eigenvalue weighted by atomic mass is 32.2. The van der Waals surface area contributed by atoms with E-state index in [0.717, 1.165) is 17.5 Å². The van der Waals surface area contributed by atoms with Crippen LogP contribution in [-0.2, 0) is 30.7 Å². The van der Waals surface area contributed by atoms with Gasteiger partial charge in [0.25, 0.3) is 5.69 Å². The summed E-state index contributed by atoms with van der Waals surface area (Å²) in [4.78, 5) is 10.5. The second kappa shape index (κ2) is 5.42. The fraction of sp³-hybridized carbons (Fsp3) is 0.400. The van der Waals surface area contributed by atoms with E-state index in [9.17, 15) is 18.5 Å². The van der Waals surface area contributed by atoms with Gasteiger partial charge < -0.3 is 9.47 Å². The Balaban J connectivity index is 1.54. The SMILES string of the molecule is O=[N+]([O-])c1ccccc1S(=O)(=O)N1C[C@@H]2C[C@@]23c2ccccc2C2(OCCO2)[C@@H]13. The van der Waals surface area contributed by atoms with Crippen molar-refractivity contribution < 1.29 is 22.8 Å². The Morgan fingerprint density at radius 2 is 1.69 bits per heavy atom. The van der Waals surface area contributed by atoms with Gasteiger partial charge in [-0.3, -0.25) is 10.1 Å². The minimum Gasteiger partial charge on any atom is -0.342 e. The molecule has 0 aromatic heterocycles. The average molecular weight is 414 g/mol. The number of fused-ring (bicyclic) bond motifs is 3. The van der Waals surface area contributed by atoms with Crippen molar-refractivity contribution in [2.45, 2.75) is 28.6 Å². The Kier molecular flexibility index (Phi) is 3.28. The highest BCUT2D eigenvalue weighted by Crippen LogP contribution is 2.72. The van der Waals surface area contributed by atoms with E-state index in [2.05, 4.69) is 0 Å². The van der Waals surface area contributed by atoms with Crippen molar-refractivity contribution in [2.24, 2.45) is 5.92 Å². The summed E-state index contributed by atoms with van der Waals surface area (Å²) in [6.07, 6.45) is 0.867. The van der Waals surface area contributed by atoms with E-state index in [4.69, 9.17) is 9.47 Å². The van der Waals surface area contributed by atoms with Gasteiger partial charge in [-0.25, -0.2) is 8.42 Å². The van der Waals surface area contributed by atoms with Gasteiger partial charge in [-0.2, -0.15) is 4.31 Å². The minimum atomic E-state index is -4.13. The number of hydrogen-bond donors (Lipinski definition) is 0. The number of nitro benzene ring substituents is 1. The Morgan fingerprint density at radius 3 is 2.41 bits per heavy atom. The maximum absolute atomic E-state index is 13.7. The van der Waals surface area contributed by atoms with Crippen LogP contribution in [0.2, 0.25) is 0 Å². The summed E-state index contributed by atoms with van der Waals surface area (Å²) in [5.41, 5.74) is 1.20. The third-order valence-electron chi connectivity index (χ3n) is 6.86. The van der Waals surface area contributed by atoms with E-state index in [1.165, 1.54) is 28.6 Å². The van der Waals surface area contributed by atoms with E-state index >= 15 is 0 Å². The zero-order valence-corrected chi connectivity index (χ0v) is 16.2. The average Bonchev–Trinajstić information content (AvgIpc) is 3.06. The molecule has 0 N–H and O–H groups in total. The van der Waals surface area contributed by atoms with E-state index in [-0.39, 0.29) is 16.2 Å². The predicted octanol–water partition coefficient (Wildman–Crippen LogP) is 2.14. The molecule has 4 aliphatic rings. The predicted molar refractivity (Wildman–Crippen MR) is 101 cm³/mol. The molecule has 0 bridgehead atoms. The van der Waals surface area contributed by atoms with Crippen molar-refractivity contribution in [3.05, 3.63) is 69.8 Å². The van der Waals surface area contributed by atoms with Crippen molar-refractivity contribution in [1.29, 1.82) is 0 Å². The van der Waals surface area contributed by atoms with Crippen LogP contribution in [0.3, 0.4) is 0 Å². The summed E-state index contributed by atoms with van der Waals surface area (Å²) in [5, 5.41) is 11.5. The van der Waals surface area contributed by atoms with E-state index in [0.29, 0.717) is 19.8 Å². The van der Waals surface area contributed by atoms with Gasteiger partial charge in [0.05, 0.1) is 24.2 Å². The number of benzene rings is 2. The van der Waals surface area contributed by atoms with Crippen LogP contribution in [0.5, 0.6) is 0 Å². The summed E-state index contributed by atoms with van der Waals surface area (Å²) in [6.45, 7) is 1.07. The molecule has 2 aliphatic heterocycles. The number of ether oxygens (including phenoxy) is 2. The van der Waals surface area contributed by atoms with E-state index in [1.54, 1.807) is 0 Å². The molecule has 8 nitrogen and oxygen atoms in total. The zero-order valence-electron chi connectivity index (χ0n) is 15.4. The van der Waals surface area contributed by atoms with Crippen LogP contribution >= 0.6 is 0 Å². The van der Waals surface area contributed by atoms with Crippen LogP contribution < -0.4 is 0 Å². The highest BCUT2D eigenvalue weighted by molar-refractivity contribution is 7.89. The Hall–Kier alpha value is -2.33. The molecule has 150 valence electrons. The molecule has 0 unspecified atom stereocenters. The molecule has 9 heteroatoms. The number of rotatable bonds is 3. The molecule has 3 atom stereocenters. The molecule has 2 saturated heterocycles. The van der Waals surface area contributed by atoms with Crippen LogP contribution in [0.1, 0.15) is 17.5 Å². The van der Waals surface area contributed by atoms with Gasteiger partial charge in [0, 0.05) is 23.6 Å². The fourth-order valence-corrected chi connectivity index (χ4v) is 7.66. The van der Waals surface area contributed by atoms with Crippen molar-refractivity contribution in [3.8, 4) is 0 Å². The molecular weight excluding hydrogens is 396 g/mol. The lowest BCUT2D eigenvalue weighted by Crippen LogP contribution is -2.52. The zero-order chi connectivity index (χ0) is 20.0. The lowest BCUT2D eigenvalue weighted by Gasteiger charge is -2.37. The van der Waals surface area contributed by atoms with Crippen LogP contribution in [0, 0.1) is 16.0 Å². The first-order chi connectivity index (χ1) is 13.9. The van der Waals surface area contributed by atoms with Gasteiger partial charge in [0.1, 0.15) is 0 Å². The van der Waals surface area contributed by atoms with Gasteiger partial charge in [-0.05, 0) is 24.0 Å². The quantitative estimate of drug-likeness (QED) is 0.564. The van der Waals surface area contributed by atoms with Gasteiger partial charge in [0.2, 0.25) is 15.8 Å². The van der Waals surface area contributed by atoms with Crippen LogP contribution in [0.15, 0.2) is 53.4 Å². The number of para-hydroxylation sites is 1. The molecule has 0 radical (unpaired) electrons. The first-order valence-corrected chi connectivity index (χ1v) is 11.0. The maximum atomic E-state index is 13.7. The molecule has 2 heterocycles.